The molecule has 0 spiro atoms. The normalized spacial score (nSPS) is 15.3. The summed E-state index contributed by atoms with van der Waals surface area (Å²) < 4.78 is 55.2. The van der Waals surface area contributed by atoms with Crippen LogP contribution in [0.25, 0.3) is 0 Å². The third-order valence-corrected chi connectivity index (χ3v) is 9.71. The molecule has 3 aromatic carbocycles. The quantitative estimate of drug-likeness (QED) is 0.442. The summed E-state index contributed by atoms with van der Waals surface area (Å²) in [6, 6.07) is 20.6. The van der Waals surface area contributed by atoms with E-state index in [1.807, 2.05) is 44.2 Å². The molecule has 3 aromatic rings. The van der Waals surface area contributed by atoms with E-state index in [4.69, 9.17) is 0 Å². The van der Waals surface area contributed by atoms with Gasteiger partial charge >= 0.3 is 0 Å². The molecule has 0 aromatic heterocycles. The van der Waals surface area contributed by atoms with Gasteiger partial charge in [0.05, 0.1) is 16.3 Å². The molecule has 1 saturated heterocycles. The number of anilines is 2. The Labute approximate surface area is 218 Å². The third kappa shape index (κ3) is 6.76. The van der Waals surface area contributed by atoms with Crippen LogP contribution in [0.4, 0.5) is 11.4 Å². The average Bonchev–Trinajstić information content (AvgIpc) is 2.87. The Morgan fingerprint density at radius 3 is 2.19 bits per heavy atom. The number of aryl methyl sites for hydroxylation is 2. The number of piperidine rings is 1. The van der Waals surface area contributed by atoms with Crippen molar-refractivity contribution in [3.05, 3.63) is 89.5 Å². The van der Waals surface area contributed by atoms with Crippen molar-refractivity contribution in [3.63, 3.8) is 0 Å². The number of benzene rings is 3. The fourth-order valence-electron chi connectivity index (χ4n) is 4.28. The van der Waals surface area contributed by atoms with E-state index >= 15 is 0 Å². The first-order valence-electron chi connectivity index (χ1n) is 12.1. The van der Waals surface area contributed by atoms with E-state index in [9.17, 15) is 21.6 Å². The summed E-state index contributed by atoms with van der Waals surface area (Å²) >= 11 is 0. The van der Waals surface area contributed by atoms with Gasteiger partial charge in [0.25, 0.3) is 10.0 Å². The zero-order valence-electron chi connectivity index (χ0n) is 20.8. The molecule has 0 atom stereocenters. The summed E-state index contributed by atoms with van der Waals surface area (Å²) in [5.41, 5.74) is 3.50. The topological polar surface area (TPSA) is 113 Å². The molecule has 1 aliphatic rings. The van der Waals surface area contributed by atoms with Crippen LogP contribution >= 0.6 is 0 Å². The first kappa shape index (κ1) is 26.8. The zero-order valence-corrected chi connectivity index (χ0v) is 22.5. The van der Waals surface area contributed by atoms with E-state index in [1.54, 1.807) is 30.3 Å². The molecule has 37 heavy (non-hydrogen) atoms. The molecule has 1 heterocycles. The van der Waals surface area contributed by atoms with E-state index in [-0.39, 0.29) is 35.6 Å². The Kier molecular flexibility index (Phi) is 8.01. The van der Waals surface area contributed by atoms with Gasteiger partial charge in [-0.2, -0.15) is 0 Å². The Morgan fingerprint density at radius 1 is 0.892 bits per heavy atom. The van der Waals surface area contributed by atoms with Crippen LogP contribution in [0.5, 0.6) is 0 Å². The van der Waals surface area contributed by atoms with Crippen molar-refractivity contribution in [1.29, 1.82) is 0 Å². The van der Waals surface area contributed by atoms with Crippen molar-refractivity contribution >= 4 is 37.3 Å². The molecule has 1 aliphatic heterocycles. The Bertz CT molecular complexity index is 1460. The number of nitrogens with one attached hydrogen (secondary N) is 2. The second-order valence-electron chi connectivity index (χ2n) is 9.35. The van der Waals surface area contributed by atoms with Crippen LogP contribution in [0, 0.1) is 19.8 Å². The zero-order chi connectivity index (χ0) is 26.6. The van der Waals surface area contributed by atoms with Crippen LogP contribution < -0.4 is 10.0 Å². The highest BCUT2D eigenvalue weighted by molar-refractivity contribution is 7.92. The van der Waals surface area contributed by atoms with Gasteiger partial charge in [-0.05, 0) is 73.7 Å². The first-order chi connectivity index (χ1) is 17.5. The Morgan fingerprint density at radius 2 is 1.54 bits per heavy atom. The van der Waals surface area contributed by atoms with Gasteiger partial charge in [-0.3, -0.25) is 9.52 Å². The fourth-order valence-corrected chi connectivity index (χ4v) is 6.97. The molecule has 196 valence electrons. The summed E-state index contributed by atoms with van der Waals surface area (Å²) in [6.45, 7) is 4.30. The molecular weight excluding hydrogens is 510 g/mol. The number of sulfonamides is 2. The van der Waals surface area contributed by atoms with Crippen LogP contribution in [-0.2, 0) is 30.6 Å². The van der Waals surface area contributed by atoms with Gasteiger partial charge in [-0.15, -0.1) is 0 Å². The smallest absolute Gasteiger partial charge is 0.261 e. The molecule has 4 rings (SSSR count). The maximum atomic E-state index is 12.8. The van der Waals surface area contributed by atoms with Crippen LogP contribution in [0.1, 0.15) is 29.5 Å². The molecule has 8 nitrogen and oxygen atoms in total. The van der Waals surface area contributed by atoms with Crippen molar-refractivity contribution in [2.45, 2.75) is 37.3 Å². The van der Waals surface area contributed by atoms with Crippen LogP contribution in [-0.4, -0.2) is 40.1 Å². The lowest BCUT2D eigenvalue weighted by Crippen LogP contribution is -2.41. The molecule has 10 heteroatoms. The van der Waals surface area contributed by atoms with Gasteiger partial charge < -0.3 is 5.32 Å². The summed E-state index contributed by atoms with van der Waals surface area (Å²) in [5, 5.41) is 2.83. The monoisotopic (exact) mass is 541 g/mol. The van der Waals surface area contributed by atoms with Crippen molar-refractivity contribution in [2.24, 2.45) is 5.92 Å². The van der Waals surface area contributed by atoms with Crippen LogP contribution in [0.3, 0.4) is 0 Å². The number of nitrogens with zero attached hydrogens (tertiary/aromatic N) is 1. The second-order valence-corrected chi connectivity index (χ2v) is 13.0. The average molecular weight is 542 g/mol. The molecule has 1 fully saturated rings. The summed E-state index contributed by atoms with van der Waals surface area (Å²) in [5.74, 6) is -0.583. The van der Waals surface area contributed by atoms with Crippen LogP contribution in [0.2, 0.25) is 0 Å². The van der Waals surface area contributed by atoms with E-state index in [0.717, 1.165) is 16.7 Å². The van der Waals surface area contributed by atoms with Gasteiger partial charge in [-0.1, -0.05) is 42.5 Å². The van der Waals surface area contributed by atoms with Gasteiger partial charge in [0, 0.05) is 24.7 Å². The van der Waals surface area contributed by atoms with Crippen LogP contribution in [0.15, 0.2) is 77.7 Å². The van der Waals surface area contributed by atoms with Crippen molar-refractivity contribution in [1.82, 2.24) is 4.31 Å². The molecule has 0 saturated carbocycles. The van der Waals surface area contributed by atoms with E-state index in [1.165, 1.54) is 16.4 Å². The highest BCUT2D eigenvalue weighted by atomic mass is 32.2. The highest BCUT2D eigenvalue weighted by Gasteiger charge is 2.31. The molecule has 2 N–H and O–H groups in total. The predicted molar refractivity (Wildman–Crippen MR) is 145 cm³/mol. The Balaban J connectivity index is 1.33. The van der Waals surface area contributed by atoms with E-state index in [2.05, 4.69) is 10.0 Å². The summed E-state index contributed by atoms with van der Waals surface area (Å²) in [4.78, 5) is 12.9. The molecule has 0 bridgehead atoms. The highest BCUT2D eigenvalue weighted by Crippen LogP contribution is 2.25. The van der Waals surface area contributed by atoms with Gasteiger partial charge in [0.2, 0.25) is 15.9 Å². The predicted octanol–water partition coefficient (Wildman–Crippen LogP) is 4.28. The van der Waals surface area contributed by atoms with Crippen molar-refractivity contribution in [2.75, 3.05) is 23.1 Å². The van der Waals surface area contributed by atoms with Crippen molar-refractivity contribution in [3.8, 4) is 0 Å². The lowest BCUT2D eigenvalue weighted by atomic mass is 9.97. The molecular formula is C27H31N3O5S2. The lowest BCUT2D eigenvalue weighted by molar-refractivity contribution is -0.120. The maximum absolute atomic E-state index is 12.8. The lowest BCUT2D eigenvalue weighted by Gasteiger charge is -2.30. The number of amides is 1. The Hall–Kier alpha value is -3.21. The fraction of sp³-hybridized carbons (Fsp3) is 0.296. The number of rotatable bonds is 8. The van der Waals surface area contributed by atoms with E-state index in [0.29, 0.717) is 24.2 Å². The first-order valence-corrected chi connectivity index (χ1v) is 15.2. The maximum Gasteiger partial charge on any atom is 0.261 e. The molecule has 0 unspecified atom stereocenters. The minimum atomic E-state index is -3.79. The molecule has 0 radical (unpaired) electrons. The largest absolute Gasteiger partial charge is 0.326 e. The van der Waals surface area contributed by atoms with Gasteiger partial charge in [-0.25, -0.2) is 21.1 Å². The molecule has 0 aliphatic carbocycles. The summed E-state index contributed by atoms with van der Waals surface area (Å²) in [6.07, 6.45) is 0.845. The molecule has 1 amide bonds. The number of carbonyl (C=O) groups is 1. The number of hydrogen-bond donors (Lipinski definition) is 2. The van der Waals surface area contributed by atoms with Gasteiger partial charge in [0.1, 0.15) is 0 Å². The van der Waals surface area contributed by atoms with E-state index < -0.39 is 20.0 Å². The number of carbonyl (C=O) groups excluding carboxylic acids is 1. The number of hydrogen-bond acceptors (Lipinski definition) is 5. The minimum absolute atomic E-state index is 0.0573. The van der Waals surface area contributed by atoms with Crippen molar-refractivity contribution < 1.29 is 21.6 Å². The SMILES string of the molecule is Cc1ccc(C)c(NS(=O)(=O)c2ccc(NC(=O)C3CCN(S(=O)(=O)Cc4ccccc4)CC3)cc2)c1. The minimum Gasteiger partial charge on any atom is -0.326 e. The summed E-state index contributed by atoms with van der Waals surface area (Å²) in [7, 11) is -7.24. The standard InChI is InChI=1S/C27H31N3O5S2/c1-20-8-9-21(2)26(18-20)29-37(34,35)25-12-10-24(11-13-25)28-27(31)23-14-16-30(17-15-23)36(32,33)19-22-6-4-3-5-7-22/h3-13,18,23,29H,14-17,19H2,1-2H3,(H,28,31). The second kappa shape index (κ2) is 11.0. The third-order valence-electron chi connectivity index (χ3n) is 6.48. The van der Waals surface area contributed by atoms with Gasteiger partial charge in [0.15, 0.2) is 0 Å².